The number of amides is 1. The molecule has 2 aromatic heterocycles. The Labute approximate surface area is 186 Å². The van der Waals surface area contributed by atoms with Crippen molar-refractivity contribution >= 4 is 31.3 Å². The summed E-state index contributed by atoms with van der Waals surface area (Å²) in [6.07, 6.45) is -3.43. The molecule has 0 saturated carbocycles. The fourth-order valence-corrected chi connectivity index (χ4v) is 4.47. The Bertz CT molecular complexity index is 1050. The molecular weight excluding hydrogens is 437 g/mol. The van der Waals surface area contributed by atoms with Crippen molar-refractivity contribution < 1.29 is 23.5 Å². The summed E-state index contributed by atoms with van der Waals surface area (Å²) < 4.78 is 29.0. The van der Waals surface area contributed by atoms with E-state index in [-0.39, 0.29) is 34.0 Å². The third-order valence-corrected chi connectivity index (χ3v) is 10.6. The van der Waals surface area contributed by atoms with Gasteiger partial charge in [-0.1, -0.05) is 34.6 Å². The molecule has 1 aliphatic heterocycles. The van der Waals surface area contributed by atoms with Gasteiger partial charge in [0.15, 0.2) is 31.9 Å². The van der Waals surface area contributed by atoms with Crippen LogP contribution in [0.1, 0.15) is 40.8 Å². The SMILES string of the molecule is CC(C)C(=O)Nc1nc2c(ncn2[C@@H]2O[C@H](CO)[C@@H](O[Si](C)(C)C(C)(C)C)[C@@H]2F)c(=O)[nH]1. The number of carbonyl (C=O) groups excluding carboxylic acids is 1. The van der Waals surface area contributed by atoms with E-state index < -0.39 is 45.1 Å². The zero-order chi connectivity index (χ0) is 24.0. The lowest BCUT2D eigenvalue weighted by atomic mass is 10.1. The largest absolute Gasteiger partial charge is 0.408 e. The molecule has 0 spiro atoms. The summed E-state index contributed by atoms with van der Waals surface area (Å²) in [6, 6.07) is 0. The van der Waals surface area contributed by atoms with Gasteiger partial charge in [0, 0.05) is 5.92 Å². The number of aliphatic hydroxyl groups is 1. The van der Waals surface area contributed by atoms with Gasteiger partial charge in [0.05, 0.1) is 12.9 Å². The molecule has 0 bridgehead atoms. The molecule has 2 aromatic rings. The number of H-pyrrole nitrogens is 1. The average molecular weight is 470 g/mol. The zero-order valence-corrected chi connectivity index (χ0v) is 20.5. The highest BCUT2D eigenvalue weighted by atomic mass is 28.4. The van der Waals surface area contributed by atoms with Crippen molar-refractivity contribution in [1.82, 2.24) is 19.5 Å². The van der Waals surface area contributed by atoms with Gasteiger partial charge < -0.3 is 14.3 Å². The third-order valence-electron chi connectivity index (χ3n) is 6.16. The molecule has 3 rings (SSSR count). The van der Waals surface area contributed by atoms with E-state index in [4.69, 9.17) is 9.16 Å². The fraction of sp³-hybridized carbons (Fsp3) is 0.700. The number of carbonyl (C=O) groups is 1. The standard InChI is InChI=1S/C20H32FN5O5Si/c1-10(2)16(28)24-19-23-15-13(17(29)25-19)22-9-26(15)18-12(21)14(11(8-27)30-18)31-32(6,7)20(3,4)5/h9-12,14,18,27H,8H2,1-7H3,(H2,23,24,25,28,29)/t11-,12+,14-,18-/m1/s1. The number of fused-ring (bicyclic) bond motifs is 1. The van der Waals surface area contributed by atoms with Crippen LogP contribution in [0.4, 0.5) is 10.3 Å². The van der Waals surface area contributed by atoms with Gasteiger partial charge in [0.2, 0.25) is 11.9 Å². The number of aromatic amines is 1. The third kappa shape index (κ3) is 4.49. The summed E-state index contributed by atoms with van der Waals surface area (Å²) in [5.41, 5.74) is -0.531. The van der Waals surface area contributed by atoms with Crippen LogP contribution in [0.15, 0.2) is 11.1 Å². The summed E-state index contributed by atoms with van der Waals surface area (Å²) in [6.45, 7) is 13.1. The summed E-state index contributed by atoms with van der Waals surface area (Å²) in [5, 5.41) is 12.2. The van der Waals surface area contributed by atoms with E-state index >= 15 is 4.39 Å². The van der Waals surface area contributed by atoms with E-state index in [1.807, 2.05) is 33.9 Å². The maximum absolute atomic E-state index is 15.6. The van der Waals surface area contributed by atoms with Crippen LogP contribution >= 0.6 is 0 Å². The van der Waals surface area contributed by atoms with Gasteiger partial charge in [-0.2, -0.15) is 4.98 Å². The molecule has 1 amide bonds. The van der Waals surface area contributed by atoms with E-state index in [2.05, 4.69) is 20.3 Å². The minimum absolute atomic E-state index is 0.0161. The van der Waals surface area contributed by atoms with Crippen molar-refractivity contribution in [3.05, 3.63) is 16.7 Å². The summed E-state index contributed by atoms with van der Waals surface area (Å²) >= 11 is 0. The summed E-state index contributed by atoms with van der Waals surface area (Å²) in [5.74, 6) is -0.723. The van der Waals surface area contributed by atoms with Crippen LogP contribution in [0.25, 0.3) is 11.2 Å². The van der Waals surface area contributed by atoms with Crippen molar-refractivity contribution in [1.29, 1.82) is 0 Å². The van der Waals surface area contributed by atoms with Gasteiger partial charge in [-0.3, -0.25) is 24.5 Å². The summed E-state index contributed by atoms with van der Waals surface area (Å²) in [4.78, 5) is 35.2. The molecule has 4 atom stereocenters. The Morgan fingerprint density at radius 2 is 2.09 bits per heavy atom. The predicted molar refractivity (Wildman–Crippen MR) is 120 cm³/mol. The number of hydrogen-bond acceptors (Lipinski definition) is 7. The van der Waals surface area contributed by atoms with E-state index in [0.717, 1.165) is 0 Å². The fourth-order valence-electron chi connectivity index (χ4n) is 3.16. The van der Waals surface area contributed by atoms with E-state index in [1.165, 1.54) is 10.9 Å². The number of hydrogen-bond donors (Lipinski definition) is 3. The Morgan fingerprint density at radius 1 is 1.44 bits per heavy atom. The van der Waals surface area contributed by atoms with Crippen molar-refractivity contribution in [3.8, 4) is 0 Å². The first-order chi connectivity index (χ1) is 14.8. The van der Waals surface area contributed by atoms with Gasteiger partial charge in [-0.15, -0.1) is 0 Å². The number of alkyl halides is 1. The van der Waals surface area contributed by atoms with Crippen LogP contribution in [-0.2, 0) is 14.0 Å². The maximum Gasteiger partial charge on any atom is 0.280 e. The number of nitrogens with zero attached hydrogens (tertiary/aromatic N) is 3. The Hall–Kier alpha value is -2.15. The first-order valence-electron chi connectivity index (χ1n) is 10.6. The minimum Gasteiger partial charge on any atom is -0.408 e. The highest BCUT2D eigenvalue weighted by Crippen LogP contribution is 2.42. The molecule has 0 aliphatic carbocycles. The molecule has 1 saturated heterocycles. The Kier molecular flexibility index (Phi) is 6.62. The van der Waals surface area contributed by atoms with Crippen LogP contribution in [0.5, 0.6) is 0 Å². The molecule has 0 aromatic carbocycles. The highest BCUT2D eigenvalue weighted by molar-refractivity contribution is 6.74. The first-order valence-corrected chi connectivity index (χ1v) is 13.5. The maximum atomic E-state index is 15.6. The number of anilines is 1. The van der Waals surface area contributed by atoms with Gasteiger partial charge in [-0.05, 0) is 18.1 Å². The quantitative estimate of drug-likeness (QED) is 0.553. The number of nitrogens with one attached hydrogen (secondary N) is 2. The molecule has 3 N–H and O–H groups in total. The second kappa shape index (κ2) is 8.65. The number of imidazole rings is 1. The lowest BCUT2D eigenvalue weighted by molar-refractivity contribution is -0.118. The molecule has 1 aliphatic rings. The lowest BCUT2D eigenvalue weighted by Crippen LogP contribution is -2.49. The minimum atomic E-state index is -2.36. The second-order valence-corrected chi connectivity index (χ2v) is 14.7. The topological polar surface area (TPSA) is 131 Å². The molecular formula is C20H32FN5O5Si. The van der Waals surface area contributed by atoms with Gasteiger partial charge in [0.1, 0.15) is 12.2 Å². The van der Waals surface area contributed by atoms with Crippen molar-refractivity contribution in [2.75, 3.05) is 11.9 Å². The Balaban J connectivity index is 1.97. The molecule has 12 heteroatoms. The molecule has 178 valence electrons. The number of rotatable bonds is 6. The van der Waals surface area contributed by atoms with E-state index in [9.17, 15) is 14.7 Å². The van der Waals surface area contributed by atoms with Crippen LogP contribution in [0, 0.1) is 5.92 Å². The van der Waals surface area contributed by atoms with Crippen LogP contribution in [-0.4, -0.2) is 63.8 Å². The molecule has 3 heterocycles. The lowest BCUT2D eigenvalue weighted by Gasteiger charge is -2.39. The molecule has 0 unspecified atom stereocenters. The smallest absolute Gasteiger partial charge is 0.280 e. The van der Waals surface area contributed by atoms with Crippen LogP contribution in [0.2, 0.25) is 18.1 Å². The Morgan fingerprint density at radius 3 is 2.66 bits per heavy atom. The molecule has 1 fully saturated rings. The second-order valence-electron chi connectivity index (χ2n) is 9.92. The van der Waals surface area contributed by atoms with E-state index in [1.54, 1.807) is 13.8 Å². The van der Waals surface area contributed by atoms with Gasteiger partial charge in [0.25, 0.3) is 5.56 Å². The first kappa shape index (κ1) is 24.5. The average Bonchev–Trinajstić information content (AvgIpc) is 3.22. The van der Waals surface area contributed by atoms with Crippen LogP contribution < -0.4 is 10.9 Å². The van der Waals surface area contributed by atoms with E-state index in [0.29, 0.717) is 0 Å². The summed E-state index contributed by atoms with van der Waals surface area (Å²) in [7, 11) is -2.36. The monoisotopic (exact) mass is 469 g/mol. The normalized spacial score (nSPS) is 24.4. The van der Waals surface area contributed by atoms with Crippen molar-refractivity contribution in [3.63, 3.8) is 0 Å². The van der Waals surface area contributed by atoms with Crippen molar-refractivity contribution in [2.45, 2.75) is 77.4 Å². The van der Waals surface area contributed by atoms with Crippen molar-refractivity contribution in [2.24, 2.45) is 5.92 Å². The van der Waals surface area contributed by atoms with Gasteiger partial charge in [-0.25, -0.2) is 9.37 Å². The highest BCUT2D eigenvalue weighted by Gasteiger charge is 2.51. The van der Waals surface area contributed by atoms with Gasteiger partial charge >= 0.3 is 0 Å². The van der Waals surface area contributed by atoms with Crippen LogP contribution in [0.3, 0.4) is 0 Å². The number of ether oxygens (including phenoxy) is 1. The molecule has 32 heavy (non-hydrogen) atoms. The predicted octanol–water partition coefficient (Wildman–Crippen LogP) is 2.33. The molecule has 0 radical (unpaired) electrons. The zero-order valence-electron chi connectivity index (χ0n) is 19.5. The number of halogens is 1. The number of aromatic nitrogens is 4. The number of aliphatic hydroxyl groups excluding tert-OH is 1. The molecule has 10 nitrogen and oxygen atoms in total.